The fourth-order valence-electron chi connectivity index (χ4n) is 0.785. The van der Waals surface area contributed by atoms with E-state index in [2.05, 4.69) is 10.1 Å². The van der Waals surface area contributed by atoms with Crippen molar-refractivity contribution in [2.45, 2.75) is 12.5 Å². The van der Waals surface area contributed by atoms with Gasteiger partial charge in [0.05, 0.1) is 6.10 Å². The van der Waals surface area contributed by atoms with Crippen molar-refractivity contribution in [3.63, 3.8) is 0 Å². The lowest BCUT2D eigenvalue weighted by molar-refractivity contribution is -0.335. The number of ether oxygens (including phenoxy) is 1. The summed E-state index contributed by atoms with van der Waals surface area (Å²) in [5, 5.41) is 2.71. The zero-order valence-electron chi connectivity index (χ0n) is 5.11. The molecular formula is C5H7F3NO. The third-order valence-corrected chi connectivity index (χ3v) is 1.16. The van der Waals surface area contributed by atoms with Crippen LogP contribution in [0.2, 0.25) is 0 Å². The van der Waals surface area contributed by atoms with Gasteiger partial charge in [-0.05, 0) is 0 Å². The predicted molar refractivity (Wildman–Crippen MR) is 28.1 cm³/mol. The van der Waals surface area contributed by atoms with Gasteiger partial charge in [-0.15, -0.1) is 13.2 Å². The van der Waals surface area contributed by atoms with Crippen LogP contribution in [-0.2, 0) is 4.74 Å². The maximum absolute atomic E-state index is 11.4. The Labute approximate surface area is 56.4 Å². The Hall–Kier alpha value is -0.290. The monoisotopic (exact) mass is 154 g/mol. The molecule has 0 bridgehead atoms. The van der Waals surface area contributed by atoms with Crippen LogP contribution < -0.4 is 5.32 Å². The first-order valence-corrected chi connectivity index (χ1v) is 2.86. The lowest BCUT2D eigenvalue weighted by Crippen LogP contribution is -2.25. The van der Waals surface area contributed by atoms with Gasteiger partial charge >= 0.3 is 6.36 Å². The lowest BCUT2D eigenvalue weighted by atomic mass is 10.3. The molecule has 2 nitrogen and oxygen atoms in total. The van der Waals surface area contributed by atoms with Crippen molar-refractivity contribution in [1.29, 1.82) is 0 Å². The first-order valence-electron chi connectivity index (χ1n) is 2.86. The summed E-state index contributed by atoms with van der Waals surface area (Å²) in [7, 11) is 0. The van der Waals surface area contributed by atoms with Crippen molar-refractivity contribution < 1.29 is 17.9 Å². The number of alkyl halides is 3. The summed E-state index contributed by atoms with van der Waals surface area (Å²) in [4.78, 5) is 0. The van der Waals surface area contributed by atoms with Crippen molar-refractivity contribution in [3.05, 3.63) is 6.42 Å². The average Bonchev–Trinajstić information content (AvgIpc) is 2.12. The number of rotatable bonds is 1. The number of hydrogen-bond donors (Lipinski definition) is 1. The van der Waals surface area contributed by atoms with Crippen LogP contribution >= 0.6 is 0 Å². The van der Waals surface area contributed by atoms with E-state index in [0.29, 0.717) is 6.54 Å². The summed E-state index contributed by atoms with van der Waals surface area (Å²) in [6, 6.07) is 0. The van der Waals surface area contributed by atoms with Crippen molar-refractivity contribution >= 4 is 0 Å². The standard InChI is InChI=1S/C5H7F3NO/c6-5(7,8)10-4-1-2-9-3-4/h1,4,9H,2-3H2. The van der Waals surface area contributed by atoms with Gasteiger partial charge in [0.2, 0.25) is 0 Å². The second kappa shape index (κ2) is 2.75. The minimum absolute atomic E-state index is 0.250. The maximum atomic E-state index is 11.4. The van der Waals surface area contributed by atoms with Crippen LogP contribution in [0.25, 0.3) is 0 Å². The van der Waals surface area contributed by atoms with Crippen LogP contribution in [0.1, 0.15) is 0 Å². The molecule has 0 aromatic heterocycles. The third-order valence-electron chi connectivity index (χ3n) is 1.16. The van der Waals surface area contributed by atoms with Gasteiger partial charge in [0.25, 0.3) is 0 Å². The van der Waals surface area contributed by atoms with E-state index in [4.69, 9.17) is 0 Å². The van der Waals surface area contributed by atoms with E-state index in [1.807, 2.05) is 0 Å². The highest BCUT2D eigenvalue weighted by Gasteiger charge is 2.34. The second-order valence-corrected chi connectivity index (χ2v) is 2.00. The van der Waals surface area contributed by atoms with Gasteiger partial charge in [0, 0.05) is 19.5 Å². The highest BCUT2D eigenvalue weighted by Crippen LogP contribution is 2.20. The molecule has 1 atom stereocenters. The van der Waals surface area contributed by atoms with E-state index in [-0.39, 0.29) is 6.54 Å². The smallest absolute Gasteiger partial charge is 0.314 e. The zero-order chi connectivity index (χ0) is 7.61. The van der Waals surface area contributed by atoms with Gasteiger partial charge in [-0.1, -0.05) is 0 Å². The summed E-state index contributed by atoms with van der Waals surface area (Å²) in [5.41, 5.74) is 0. The molecule has 1 fully saturated rings. The van der Waals surface area contributed by atoms with E-state index in [1.54, 1.807) is 0 Å². The molecule has 1 N–H and O–H groups in total. The first-order chi connectivity index (χ1) is 4.58. The molecule has 5 heteroatoms. The summed E-state index contributed by atoms with van der Waals surface area (Å²) >= 11 is 0. The van der Waals surface area contributed by atoms with Crippen LogP contribution in [0, 0.1) is 6.42 Å². The first kappa shape index (κ1) is 7.81. The van der Waals surface area contributed by atoms with Gasteiger partial charge in [0.15, 0.2) is 0 Å². The maximum Gasteiger partial charge on any atom is 0.522 e. The number of nitrogens with one attached hydrogen (secondary N) is 1. The highest BCUT2D eigenvalue weighted by atomic mass is 19.4. The topological polar surface area (TPSA) is 21.3 Å². The Morgan fingerprint density at radius 1 is 1.50 bits per heavy atom. The zero-order valence-corrected chi connectivity index (χ0v) is 5.11. The van der Waals surface area contributed by atoms with Crippen molar-refractivity contribution in [2.75, 3.05) is 13.1 Å². The summed E-state index contributed by atoms with van der Waals surface area (Å²) < 4.78 is 38.0. The summed E-state index contributed by atoms with van der Waals surface area (Å²) in [6.07, 6.45) is -3.86. The lowest BCUT2D eigenvalue weighted by Gasteiger charge is -2.11. The fourth-order valence-corrected chi connectivity index (χ4v) is 0.785. The molecule has 1 radical (unpaired) electrons. The molecule has 0 amide bonds. The Balaban J connectivity index is 2.24. The minimum atomic E-state index is -4.51. The molecule has 1 unspecified atom stereocenters. The number of halogens is 3. The molecule has 0 spiro atoms. The van der Waals surface area contributed by atoms with Crippen LogP contribution in [0.3, 0.4) is 0 Å². The molecule has 0 aliphatic carbocycles. The molecule has 0 aromatic rings. The normalized spacial score (nSPS) is 27.3. The highest BCUT2D eigenvalue weighted by molar-refractivity contribution is 4.88. The van der Waals surface area contributed by atoms with E-state index in [1.165, 1.54) is 6.42 Å². The molecule has 1 aliphatic rings. The minimum Gasteiger partial charge on any atom is -0.314 e. The van der Waals surface area contributed by atoms with E-state index in [9.17, 15) is 13.2 Å². The number of hydrogen-bond acceptors (Lipinski definition) is 2. The van der Waals surface area contributed by atoms with Gasteiger partial charge in [-0.2, -0.15) is 0 Å². The van der Waals surface area contributed by atoms with E-state index < -0.39 is 12.5 Å². The molecular weight excluding hydrogens is 147 g/mol. The summed E-state index contributed by atoms with van der Waals surface area (Å²) in [5.74, 6) is 0. The molecule has 59 valence electrons. The van der Waals surface area contributed by atoms with Crippen molar-refractivity contribution in [3.8, 4) is 0 Å². The van der Waals surface area contributed by atoms with E-state index >= 15 is 0 Å². The predicted octanol–water partition coefficient (Wildman–Crippen LogP) is 0.699. The largest absolute Gasteiger partial charge is 0.522 e. The molecule has 1 saturated heterocycles. The molecule has 1 heterocycles. The van der Waals surface area contributed by atoms with Crippen LogP contribution in [-0.4, -0.2) is 25.6 Å². The molecule has 1 aliphatic heterocycles. The quantitative estimate of drug-likeness (QED) is 0.600. The van der Waals surface area contributed by atoms with Gasteiger partial charge in [-0.25, -0.2) is 0 Å². The Morgan fingerprint density at radius 3 is 2.60 bits per heavy atom. The summed E-state index contributed by atoms with van der Waals surface area (Å²) in [6.45, 7) is 0.736. The molecule has 0 saturated carbocycles. The fraction of sp³-hybridized carbons (Fsp3) is 0.800. The Morgan fingerprint density at radius 2 is 2.20 bits per heavy atom. The van der Waals surface area contributed by atoms with Crippen LogP contribution in [0.5, 0.6) is 0 Å². The molecule has 0 aromatic carbocycles. The van der Waals surface area contributed by atoms with Crippen molar-refractivity contribution in [1.82, 2.24) is 5.32 Å². The third kappa shape index (κ3) is 2.53. The molecule has 10 heavy (non-hydrogen) atoms. The Bertz CT molecular complexity index is 108. The van der Waals surface area contributed by atoms with Crippen molar-refractivity contribution in [2.24, 2.45) is 0 Å². The van der Waals surface area contributed by atoms with Crippen LogP contribution in [0.15, 0.2) is 0 Å². The van der Waals surface area contributed by atoms with Gasteiger partial charge < -0.3 is 5.32 Å². The van der Waals surface area contributed by atoms with Gasteiger partial charge in [-0.3, -0.25) is 4.74 Å². The second-order valence-electron chi connectivity index (χ2n) is 2.00. The average molecular weight is 154 g/mol. The SMILES string of the molecule is FC(F)(F)OC1[CH]CNC1. The van der Waals surface area contributed by atoms with E-state index in [0.717, 1.165) is 0 Å². The molecule has 1 rings (SSSR count). The Kier molecular flexibility index (Phi) is 2.15. The van der Waals surface area contributed by atoms with Crippen LogP contribution in [0.4, 0.5) is 13.2 Å². The van der Waals surface area contributed by atoms with Gasteiger partial charge in [0.1, 0.15) is 0 Å².